The third kappa shape index (κ3) is 4.01. The van der Waals surface area contributed by atoms with E-state index >= 15 is 0 Å². The number of hydrogen-bond donors (Lipinski definition) is 2. The molecule has 1 fully saturated rings. The van der Waals surface area contributed by atoms with Crippen LogP contribution in [0.2, 0.25) is 0 Å². The highest BCUT2D eigenvalue weighted by Crippen LogP contribution is 2.30. The minimum atomic E-state index is -0.915. The quantitative estimate of drug-likeness (QED) is 0.797. The van der Waals surface area contributed by atoms with Crippen LogP contribution in [0.4, 0.5) is 4.79 Å². The molecule has 1 aromatic heterocycles. The van der Waals surface area contributed by atoms with Crippen LogP contribution in [0, 0.1) is 0 Å². The maximum atomic E-state index is 10.8. The summed E-state index contributed by atoms with van der Waals surface area (Å²) in [5.74, 6) is 0. The maximum absolute atomic E-state index is 10.8. The number of hydrogen-bond acceptors (Lipinski definition) is 2. The fourth-order valence-electron chi connectivity index (χ4n) is 3.37. The molecule has 0 saturated carbocycles. The number of amides is 1. The molecule has 1 amide bonds. The van der Waals surface area contributed by atoms with Gasteiger partial charge < -0.3 is 14.9 Å². The third-order valence-electron chi connectivity index (χ3n) is 4.92. The molecule has 0 radical (unpaired) electrons. The minimum Gasteiger partial charge on any atom is -0.465 e. The summed E-state index contributed by atoms with van der Waals surface area (Å²) in [6.45, 7) is 10.7. The monoisotopic (exact) mass is 373 g/mol. The average molecular weight is 374 g/mol. The van der Waals surface area contributed by atoms with Crippen LogP contribution in [0.3, 0.4) is 0 Å². The van der Waals surface area contributed by atoms with E-state index in [1.165, 1.54) is 0 Å². The van der Waals surface area contributed by atoms with E-state index in [-0.39, 0.29) is 11.6 Å². The highest BCUT2D eigenvalue weighted by molar-refractivity contribution is 9.10. The number of nitrogens with one attached hydrogen (secondary N) is 1. The van der Waals surface area contributed by atoms with Crippen molar-refractivity contribution in [3.8, 4) is 0 Å². The van der Waals surface area contributed by atoms with E-state index in [0.29, 0.717) is 0 Å². The maximum Gasteiger partial charge on any atom is 0.404 e. The Balaban J connectivity index is 2.02. The predicted octanol–water partition coefficient (Wildman–Crippen LogP) is 2.69. The van der Waals surface area contributed by atoms with Crippen LogP contribution in [0.25, 0.3) is 0 Å². The highest BCUT2D eigenvalue weighted by atomic mass is 79.9. The number of nitrogens with zero attached hydrogens (tertiary/aromatic N) is 3. The zero-order chi connectivity index (χ0) is 16.4. The number of aromatic nitrogens is 2. The van der Waals surface area contributed by atoms with E-state index in [4.69, 9.17) is 5.11 Å². The summed E-state index contributed by atoms with van der Waals surface area (Å²) in [6.07, 6.45) is 4.68. The molecular weight excluding hydrogens is 348 g/mol. The van der Waals surface area contributed by atoms with Gasteiger partial charge in [0, 0.05) is 25.1 Å². The molecule has 0 aromatic carbocycles. The lowest BCUT2D eigenvalue weighted by Crippen LogP contribution is -2.66. The van der Waals surface area contributed by atoms with Crippen LogP contribution < -0.4 is 5.32 Å². The normalized spacial score (nSPS) is 25.9. The molecule has 2 heterocycles. The second-order valence-corrected chi connectivity index (χ2v) is 8.05. The SMILES string of the molecule is CC(C)(C)[N+]1(CCn2cc(Br)cn2)CCC(NC(=O)O)CC1. The molecule has 0 bridgehead atoms. The van der Waals surface area contributed by atoms with E-state index in [2.05, 4.69) is 47.1 Å². The summed E-state index contributed by atoms with van der Waals surface area (Å²) in [7, 11) is 0. The van der Waals surface area contributed by atoms with Gasteiger partial charge in [-0.2, -0.15) is 5.10 Å². The molecule has 0 aliphatic carbocycles. The number of halogens is 1. The molecule has 0 atom stereocenters. The lowest BCUT2D eigenvalue weighted by molar-refractivity contribution is -0.975. The Morgan fingerprint density at radius 2 is 2.14 bits per heavy atom. The standard InChI is InChI=1S/C15H25BrN4O2/c1-15(2,3)20(9-6-19-11-12(16)10-17-19)7-4-13(5-8-20)18-14(21)22/h10-11,13,18H,4-9H2,1-3H3/p+1. The first-order valence-electron chi connectivity index (χ1n) is 7.75. The number of quaternary nitrogens is 1. The van der Waals surface area contributed by atoms with Crippen molar-refractivity contribution in [2.24, 2.45) is 0 Å². The molecular formula is C15H26BrN4O2+. The third-order valence-corrected chi connectivity index (χ3v) is 5.33. The van der Waals surface area contributed by atoms with Gasteiger partial charge >= 0.3 is 6.09 Å². The van der Waals surface area contributed by atoms with Crippen LogP contribution in [0.15, 0.2) is 16.9 Å². The Morgan fingerprint density at radius 1 is 1.50 bits per heavy atom. The Kier molecular flexibility index (Phi) is 5.17. The number of carboxylic acid groups (broad SMARTS) is 1. The molecule has 124 valence electrons. The summed E-state index contributed by atoms with van der Waals surface area (Å²) in [4.78, 5) is 10.8. The Bertz CT molecular complexity index is 516. The second-order valence-electron chi connectivity index (χ2n) is 7.13. The van der Waals surface area contributed by atoms with Gasteiger partial charge in [-0.05, 0) is 36.7 Å². The van der Waals surface area contributed by atoms with Crippen molar-refractivity contribution in [1.82, 2.24) is 15.1 Å². The molecule has 2 rings (SSSR count). The zero-order valence-electron chi connectivity index (χ0n) is 13.5. The van der Waals surface area contributed by atoms with Crippen LogP contribution in [-0.4, -0.2) is 56.7 Å². The molecule has 1 aromatic rings. The average Bonchev–Trinajstić information content (AvgIpc) is 2.82. The van der Waals surface area contributed by atoms with E-state index in [1.54, 1.807) is 0 Å². The number of rotatable bonds is 4. The lowest BCUT2D eigenvalue weighted by atomic mass is 9.93. The van der Waals surface area contributed by atoms with Crippen molar-refractivity contribution in [2.75, 3.05) is 19.6 Å². The first-order chi connectivity index (χ1) is 10.2. The minimum absolute atomic E-state index is 0.0879. The van der Waals surface area contributed by atoms with Crippen molar-refractivity contribution in [1.29, 1.82) is 0 Å². The van der Waals surface area contributed by atoms with Gasteiger partial charge in [-0.15, -0.1) is 0 Å². The van der Waals surface area contributed by atoms with Gasteiger partial charge in [0.1, 0.15) is 0 Å². The fraction of sp³-hybridized carbons (Fsp3) is 0.733. The van der Waals surface area contributed by atoms with Crippen molar-refractivity contribution < 1.29 is 14.4 Å². The van der Waals surface area contributed by atoms with Gasteiger partial charge in [0.15, 0.2) is 0 Å². The molecule has 7 heteroatoms. The topological polar surface area (TPSA) is 67.2 Å². The lowest BCUT2D eigenvalue weighted by Gasteiger charge is -2.52. The Hall–Kier alpha value is -1.08. The van der Waals surface area contributed by atoms with Gasteiger partial charge in [-0.25, -0.2) is 4.79 Å². The molecule has 6 nitrogen and oxygen atoms in total. The van der Waals surface area contributed by atoms with Crippen LogP contribution in [-0.2, 0) is 6.54 Å². The molecule has 22 heavy (non-hydrogen) atoms. The molecule has 0 unspecified atom stereocenters. The highest BCUT2D eigenvalue weighted by Gasteiger charge is 2.43. The number of carbonyl (C=O) groups is 1. The molecule has 1 aliphatic heterocycles. The smallest absolute Gasteiger partial charge is 0.404 e. The summed E-state index contributed by atoms with van der Waals surface area (Å²) in [5.41, 5.74) is 0.137. The van der Waals surface area contributed by atoms with Crippen molar-refractivity contribution in [2.45, 2.75) is 51.7 Å². The number of piperidine rings is 1. The Labute approximate surface area is 140 Å². The van der Waals surface area contributed by atoms with Gasteiger partial charge in [0.2, 0.25) is 0 Å². The number of likely N-dealkylation sites (tertiary alicyclic amines) is 1. The largest absolute Gasteiger partial charge is 0.465 e. The van der Waals surface area contributed by atoms with Crippen LogP contribution in [0.1, 0.15) is 33.6 Å². The summed E-state index contributed by atoms with van der Waals surface area (Å²) < 4.78 is 3.97. The first-order valence-corrected chi connectivity index (χ1v) is 8.55. The van der Waals surface area contributed by atoms with E-state index in [0.717, 1.165) is 48.0 Å². The van der Waals surface area contributed by atoms with Crippen LogP contribution in [0.5, 0.6) is 0 Å². The Morgan fingerprint density at radius 3 is 2.59 bits per heavy atom. The van der Waals surface area contributed by atoms with E-state index in [9.17, 15) is 4.79 Å². The van der Waals surface area contributed by atoms with Crippen molar-refractivity contribution in [3.63, 3.8) is 0 Å². The summed E-state index contributed by atoms with van der Waals surface area (Å²) in [6, 6.07) is 0.0879. The molecule has 1 aliphatic rings. The first kappa shape index (κ1) is 17.3. The molecule has 0 spiro atoms. The van der Waals surface area contributed by atoms with Gasteiger partial charge in [0.05, 0.1) is 42.4 Å². The van der Waals surface area contributed by atoms with Gasteiger partial charge in [-0.1, -0.05) is 0 Å². The van der Waals surface area contributed by atoms with Crippen molar-refractivity contribution >= 4 is 22.0 Å². The molecule has 1 saturated heterocycles. The molecule has 2 N–H and O–H groups in total. The predicted molar refractivity (Wildman–Crippen MR) is 88.7 cm³/mol. The summed E-state index contributed by atoms with van der Waals surface area (Å²) in [5, 5.41) is 15.8. The zero-order valence-corrected chi connectivity index (χ0v) is 15.1. The van der Waals surface area contributed by atoms with Gasteiger partial charge in [0.25, 0.3) is 0 Å². The second kappa shape index (κ2) is 6.58. The summed E-state index contributed by atoms with van der Waals surface area (Å²) >= 11 is 3.43. The van der Waals surface area contributed by atoms with Gasteiger partial charge in [-0.3, -0.25) is 4.68 Å². The fourth-order valence-corrected chi connectivity index (χ4v) is 3.69. The van der Waals surface area contributed by atoms with E-state index in [1.807, 2.05) is 17.1 Å². The van der Waals surface area contributed by atoms with E-state index < -0.39 is 6.09 Å². The van der Waals surface area contributed by atoms with Crippen molar-refractivity contribution in [3.05, 3.63) is 16.9 Å². The van der Waals surface area contributed by atoms with Crippen LogP contribution >= 0.6 is 15.9 Å².